The minimum Gasteiger partial charge on any atom is -0.480 e. The lowest BCUT2D eigenvalue weighted by Crippen LogP contribution is -2.35. The van der Waals surface area contributed by atoms with Gasteiger partial charge < -0.3 is 15.1 Å². The van der Waals surface area contributed by atoms with E-state index in [0.29, 0.717) is 16.7 Å². The molecule has 0 aliphatic rings. The Morgan fingerprint density at radius 3 is 2.05 bits per heavy atom. The van der Waals surface area contributed by atoms with Crippen molar-refractivity contribution in [3.8, 4) is 0 Å². The molecule has 1 heterocycles. The Labute approximate surface area is 114 Å². The van der Waals surface area contributed by atoms with Crippen LogP contribution in [0.3, 0.4) is 0 Å². The van der Waals surface area contributed by atoms with Crippen LogP contribution in [0.4, 0.5) is 5.82 Å². The van der Waals surface area contributed by atoms with E-state index in [1.807, 2.05) is 6.07 Å². The predicted octanol–water partition coefficient (Wildman–Crippen LogP) is 0.914. The topological polar surface area (TPSA) is 104 Å². The molecule has 0 bridgehead atoms. The van der Waals surface area contributed by atoms with Gasteiger partial charge in [0.25, 0.3) is 0 Å². The minimum absolute atomic E-state index is 0.272. The standard InChI is InChI=1S/C13H13N3O4/c1-8-13(16(6-11(17)18)7-12(19)20)15-10-5-3-2-4-9(10)14-8/h2-5H,6-7H2,1H3,(H,17,18)(H,19,20). The van der Waals surface area contributed by atoms with Crippen LogP contribution in [0, 0.1) is 6.92 Å². The summed E-state index contributed by atoms with van der Waals surface area (Å²) in [7, 11) is 0. The molecule has 0 fully saturated rings. The molecule has 2 N–H and O–H groups in total. The van der Waals surface area contributed by atoms with Crippen LogP contribution in [0.1, 0.15) is 5.69 Å². The van der Waals surface area contributed by atoms with Crippen molar-refractivity contribution in [2.75, 3.05) is 18.0 Å². The van der Waals surface area contributed by atoms with Crippen LogP contribution < -0.4 is 4.90 Å². The van der Waals surface area contributed by atoms with E-state index in [1.165, 1.54) is 4.90 Å². The molecule has 0 spiro atoms. The Morgan fingerprint density at radius 1 is 1.05 bits per heavy atom. The van der Waals surface area contributed by atoms with Crippen molar-refractivity contribution in [2.45, 2.75) is 6.92 Å². The van der Waals surface area contributed by atoms with Gasteiger partial charge in [0, 0.05) is 0 Å². The molecule has 1 aromatic heterocycles. The van der Waals surface area contributed by atoms with Crippen LogP contribution in [0.25, 0.3) is 11.0 Å². The Bertz CT molecular complexity index is 656. The molecule has 2 rings (SSSR count). The summed E-state index contributed by atoms with van der Waals surface area (Å²) in [6.07, 6.45) is 0. The van der Waals surface area contributed by atoms with Gasteiger partial charge in [-0.1, -0.05) is 12.1 Å². The number of benzene rings is 1. The van der Waals surface area contributed by atoms with E-state index < -0.39 is 25.0 Å². The second-order valence-electron chi connectivity index (χ2n) is 4.26. The lowest BCUT2D eigenvalue weighted by atomic mass is 10.2. The van der Waals surface area contributed by atoms with Crippen molar-refractivity contribution in [2.24, 2.45) is 0 Å². The van der Waals surface area contributed by atoms with Crippen molar-refractivity contribution in [1.29, 1.82) is 0 Å². The van der Waals surface area contributed by atoms with E-state index in [1.54, 1.807) is 25.1 Å². The first-order valence-electron chi connectivity index (χ1n) is 5.89. The Kier molecular flexibility index (Phi) is 3.79. The zero-order valence-corrected chi connectivity index (χ0v) is 10.8. The van der Waals surface area contributed by atoms with Crippen LogP contribution in [-0.2, 0) is 9.59 Å². The molecule has 1 aromatic carbocycles. The summed E-state index contributed by atoms with van der Waals surface area (Å²) in [5.74, 6) is -1.98. The normalized spacial score (nSPS) is 10.4. The maximum absolute atomic E-state index is 10.9. The second-order valence-corrected chi connectivity index (χ2v) is 4.26. The van der Waals surface area contributed by atoms with Crippen LogP contribution in [0.5, 0.6) is 0 Å². The Balaban J connectivity index is 2.48. The third-order valence-electron chi connectivity index (χ3n) is 2.67. The Morgan fingerprint density at radius 2 is 1.55 bits per heavy atom. The first-order chi connectivity index (χ1) is 9.47. The predicted molar refractivity (Wildman–Crippen MR) is 71.8 cm³/mol. The zero-order valence-electron chi connectivity index (χ0n) is 10.8. The Hall–Kier alpha value is -2.70. The SMILES string of the molecule is Cc1nc2ccccc2nc1N(CC(=O)O)CC(=O)O. The van der Waals surface area contributed by atoms with Crippen molar-refractivity contribution in [3.05, 3.63) is 30.0 Å². The van der Waals surface area contributed by atoms with Crippen LogP contribution in [-0.4, -0.2) is 45.2 Å². The molecule has 0 saturated carbocycles. The molecule has 0 amide bonds. The van der Waals surface area contributed by atoms with E-state index >= 15 is 0 Å². The number of fused-ring (bicyclic) bond motifs is 1. The average Bonchev–Trinajstić information content (AvgIpc) is 2.36. The molecular formula is C13H13N3O4. The fourth-order valence-electron chi connectivity index (χ4n) is 1.91. The van der Waals surface area contributed by atoms with E-state index in [2.05, 4.69) is 9.97 Å². The number of nitrogens with zero attached hydrogens (tertiary/aromatic N) is 3. The molecule has 0 saturated heterocycles. The monoisotopic (exact) mass is 275 g/mol. The largest absolute Gasteiger partial charge is 0.480 e. The second kappa shape index (κ2) is 5.52. The minimum atomic E-state index is -1.12. The van der Waals surface area contributed by atoms with Gasteiger partial charge in [-0.05, 0) is 19.1 Å². The number of aliphatic carboxylic acids is 2. The fraction of sp³-hybridized carbons (Fsp3) is 0.231. The summed E-state index contributed by atoms with van der Waals surface area (Å²) in [5.41, 5.74) is 1.76. The van der Waals surface area contributed by atoms with Crippen LogP contribution >= 0.6 is 0 Å². The van der Waals surface area contributed by atoms with Gasteiger partial charge in [0.1, 0.15) is 13.1 Å². The first-order valence-corrected chi connectivity index (χ1v) is 5.89. The highest BCUT2D eigenvalue weighted by atomic mass is 16.4. The highest BCUT2D eigenvalue weighted by Crippen LogP contribution is 2.19. The molecule has 2 aromatic rings. The van der Waals surface area contributed by atoms with Gasteiger partial charge in [0.2, 0.25) is 0 Å². The molecule has 104 valence electrons. The number of rotatable bonds is 5. The van der Waals surface area contributed by atoms with Gasteiger partial charge in [-0.15, -0.1) is 0 Å². The molecule has 0 unspecified atom stereocenters. The van der Waals surface area contributed by atoms with E-state index in [4.69, 9.17) is 10.2 Å². The fourth-order valence-corrected chi connectivity index (χ4v) is 1.91. The van der Waals surface area contributed by atoms with Gasteiger partial charge >= 0.3 is 11.9 Å². The number of aromatic nitrogens is 2. The summed E-state index contributed by atoms with van der Waals surface area (Å²) >= 11 is 0. The van der Waals surface area contributed by atoms with Crippen molar-refractivity contribution < 1.29 is 19.8 Å². The third-order valence-corrected chi connectivity index (χ3v) is 2.67. The quantitative estimate of drug-likeness (QED) is 0.835. The smallest absolute Gasteiger partial charge is 0.323 e. The van der Waals surface area contributed by atoms with Crippen molar-refractivity contribution in [1.82, 2.24) is 9.97 Å². The average molecular weight is 275 g/mol. The molecule has 0 radical (unpaired) electrons. The van der Waals surface area contributed by atoms with Crippen molar-refractivity contribution in [3.63, 3.8) is 0 Å². The van der Waals surface area contributed by atoms with Crippen LogP contribution in [0.15, 0.2) is 24.3 Å². The van der Waals surface area contributed by atoms with E-state index in [9.17, 15) is 9.59 Å². The molecule has 0 aliphatic carbocycles. The van der Waals surface area contributed by atoms with Gasteiger partial charge in [0.15, 0.2) is 5.82 Å². The molecule has 7 nitrogen and oxygen atoms in total. The number of carboxylic acid groups (broad SMARTS) is 2. The van der Waals surface area contributed by atoms with Gasteiger partial charge in [0.05, 0.1) is 16.7 Å². The summed E-state index contributed by atoms with van der Waals surface area (Å²) in [4.78, 5) is 31.5. The lowest BCUT2D eigenvalue weighted by molar-refractivity contribution is -0.136. The van der Waals surface area contributed by atoms with E-state index in [0.717, 1.165) is 0 Å². The lowest BCUT2D eigenvalue weighted by Gasteiger charge is -2.21. The van der Waals surface area contributed by atoms with Crippen LogP contribution in [0.2, 0.25) is 0 Å². The van der Waals surface area contributed by atoms with Gasteiger partial charge in [-0.2, -0.15) is 0 Å². The van der Waals surface area contributed by atoms with E-state index in [-0.39, 0.29) is 5.82 Å². The highest BCUT2D eigenvalue weighted by molar-refractivity contribution is 5.81. The summed E-state index contributed by atoms with van der Waals surface area (Å²) in [6.45, 7) is 0.784. The van der Waals surface area contributed by atoms with Gasteiger partial charge in [-0.25, -0.2) is 9.97 Å². The maximum Gasteiger partial charge on any atom is 0.323 e. The van der Waals surface area contributed by atoms with Gasteiger partial charge in [-0.3, -0.25) is 9.59 Å². The number of aryl methyl sites for hydroxylation is 1. The molecule has 0 atom stereocenters. The summed E-state index contributed by atoms with van der Waals surface area (Å²) in [5, 5.41) is 17.8. The number of hydrogen-bond acceptors (Lipinski definition) is 5. The number of para-hydroxylation sites is 2. The first kappa shape index (κ1) is 13.7. The number of carboxylic acids is 2. The summed E-state index contributed by atoms with van der Waals surface area (Å²) < 4.78 is 0. The third kappa shape index (κ3) is 3.00. The molecule has 20 heavy (non-hydrogen) atoms. The zero-order chi connectivity index (χ0) is 14.7. The molecular weight excluding hydrogens is 262 g/mol. The molecule has 0 aliphatic heterocycles. The highest BCUT2D eigenvalue weighted by Gasteiger charge is 2.18. The summed E-state index contributed by atoms with van der Waals surface area (Å²) in [6, 6.07) is 7.14. The maximum atomic E-state index is 10.9. The number of anilines is 1. The number of carbonyl (C=O) groups is 2. The number of hydrogen-bond donors (Lipinski definition) is 2. The van der Waals surface area contributed by atoms with Crippen molar-refractivity contribution >= 4 is 28.8 Å². The molecule has 7 heteroatoms.